The van der Waals surface area contributed by atoms with E-state index in [-0.39, 0.29) is 0 Å². The van der Waals surface area contributed by atoms with Crippen LogP contribution in [0.5, 0.6) is 0 Å². The van der Waals surface area contributed by atoms with Crippen molar-refractivity contribution in [2.24, 2.45) is 0 Å². The van der Waals surface area contributed by atoms with Gasteiger partial charge in [-0.25, -0.2) is 4.39 Å². The van der Waals surface area contributed by atoms with Crippen LogP contribution in [0.3, 0.4) is 0 Å². The molecule has 2 nitrogen and oxygen atoms in total. The summed E-state index contributed by atoms with van der Waals surface area (Å²) in [4.78, 5) is 3.89. The largest absolute Gasteiger partial charge is 0.382 e. The van der Waals surface area contributed by atoms with Crippen molar-refractivity contribution in [3.8, 4) is 0 Å². The number of hydrogen-bond acceptors (Lipinski definition) is 2. The average molecular weight is 231 g/mol. The molecule has 0 saturated heterocycles. The molecule has 1 atom stereocenters. The summed E-state index contributed by atoms with van der Waals surface area (Å²) in [6.07, 6.45) is 0.301. The predicted octanol–water partition coefficient (Wildman–Crippen LogP) is 2.92. The third-order valence-electron chi connectivity index (χ3n) is 2.59. The maximum absolute atomic E-state index is 12.7. The summed E-state index contributed by atoms with van der Waals surface area (Å²) in [5, 5.41) is 10.1. The zero-order valence-corrected chi connectivity index (χ0v) is 9.81. The molecule has 0 radical (unpaired) electrons. The third kappa shape index (κ3) is 2.68. The minimum Gasteiger partial charge on any atom is -0.382 e. The van der Waals surface area contributed by atoms with Crippen LogP contribution in [0.25, 0.3) is 0 Å². The Morgan fingerprint density at radius 2 is 1.76 bits per heavy atom. The van der Waals surface area contributed by atoms with Crippen molar-refractivity contribution in [3.05, 3.63) is 64.7 Å². The Labute approximate surface area is 99.8 Å². The molecule has 0 spiro atoms. The number of rotatable bonds is 2. The van der Waals surface area contributed by atoms with Gasteiger partial charge < -0.3 is 5.11 Å². The smallest absolute Gasteiger partial charge is 0.141 e. The number of aliphatic hydroxyl groups excluding tert-OH is 1. The van der Waals surface area contributed by atoms with E-state index in [9.17, 15) is 9.50 Å². The van der Waals surface area contributed by atoms with Gasteiger partial charge in [-0.2, -0.15) is 0 Å². The SMILES string of the molecule is Cc1cc(C)cc(C(O)c2ccc(F)cn2)c1. The fourth-order valence-electron chi connectivity index (χ4n) is 1.89. The van der Waals surface area contributed by atoms with Crippen molar-refractivity contribution in [2.45, 2.75) is 20.0 Å². The minimum absolute atomic E-state index is 0.402. The molecule has 2 rings (SSSR count). The molecule has 88 valence electrons. The van der Waals surface area contributed by atoms with Crippen molar-refractivity contribution in [3.63, 3.8) is 0 Å². The molecule has 1 unspecified atom stereocenters. The molecule has 2 aromatic rings. The highest BCUT2D eigenvalue weighted by Gasteiger charge is 2.12. The van der Waals surface area contributed by atoms with Crippen molar-refractivity contribution >= 4 is 0 Å². The number of aryl methyl sites for hydroxylation is 2. The van der Waals surface area contributed by atoms with Gasteiger partial charge in [-0.3, -0.25) is 4.98 Å². The molecule has 0 saturated carbocycles. The molecule has 0 aliphatic rings. The van der Waals surface area contributed by atoms with Crippen LogP contribution >= 0.6 is 0 Å². The van der Waals surface area contributed by atoms with Crippen LogP contribution in [-0.4, -0.2) is 10.1 Å². The summed E-state index contributed by atoms with van der Waals surface area (Å²) in [6.45, 7) is 3.95. The predicted molar refractivity (Wildman–Crippen MR) is 64.2 cm³/mol. The lowest BCUT2D eigenvalue weighted by atomic mass is 10.0. The van der Waals surface area contributed by atoms with Crippen LogP contribution < -0.4 is 0 Å². The standard InChI is InChI=1S/C14H14FNO/c1-9-5-10(2)7-11(6-9)14(17)13-4-3-12(15)8-16-13/h3-8,14,17H,1-2H3. The van der Waals surface area contributed by atoms with E-state index in [0.717, 1.165) is 22.9 Å². The first kappa shape index (κ1) is 11.7. The molecular weight excluding hydrogens is 217 g/mol. The van der Waals surface area contributed by atoms with E-state index in [0.29, 0.717) is 5.69 Å². The van der Waals surface area contributed by atoms with E-state index in [2.05, 4.69) is 4.98 Å². The topological polar surface area (TPSA) is 33.1 Å². The van der Waals surface area contributed by atoms with Crippen LogP contribution in [0.1, 0.15) is 28.5 Å². The van der Waals surface area contributed by atoms with Crippen LogP contribution in [0.15, 0.2) is 36.5 Å². The van der Waals surface area contributed by atoms with Crippen LogP contribution in [0.2, 0.25) is 0 Å². The van der Waals surface area contributed by atoms with Crippen LogP contribution in [-0.2, 0) is 0 Å². The van der Waals surface area contributed by atoms with Crippen molar-refractivity contribution < 1.29 is 9.50 Å². The van der Waals surface area contributed by atoms with Gasteiger partial charge in [0.15, 0.2) is 0 Å². The van der Waals surface area contributed by atoms with E-state index in [1.807, 2.05) is 32.0 Å². The number of benzene rings is 1. The van der Waals surface area contributed by atoms with E-state index >= 15 is 0 Å². The highest BCUT2D eigenvalue weighted by atomic mass is 19.1. The van der Waals surface area contributed by atoms with E-state index in [1.54, 1.807) is 0 Å². The number of nitrogens with zero attached hydrogens (tertiary/aromatic N) is 1. The first-order valence-electron chi connectivity index (χ1n) is 5.44. The Hall–Kier alpha value is -1.74. The Balaban J connectivity index is 2.36. The van der Waals surface area contributed by atoms with Gasteiger partial charge in [0.25, 0.3) is 0 Å². The van der Waals surface area contributed by atoms with E-state index in [1.165, 1.54) is 12.1 Å². The second-order valence-corrected chi connectivity index (χ2v) is 4.22. The molecule has 0 bridgehead atoms. The maximum atomic E-state index is 12.7. The zero-order valence-electron chi connectivity index (χ0n) is 9.81. The summed E-state index contributed by atoms with van der Waals surface area (Å²) in [5.74, 6) is -0.402. The number of aromatic nitrogens is 1. The molecule has 1 aromatic heterocycles. The first-order chi connectivity index (χ1) is 8.06. The molecule has 1 heterocycles. The first-order valence-corrected chi connectivity index (χ1v) is 5.44. The molecule has 0 fully saturated rings. The molecule has 0 aliphatic carbocycles. The summed E-state index contributed by atoms with van der Waals surface area (Å²) in [5.41, 5.74) is 3.40. The van der Waals surface area contributed by atoms with E-state index < -0.39 is 11.9 Å². The normalized spacial score (nSPS) is 12.5. The second-order valence-electron chi connectivity index (χ2n) is 4.22. The van der Waals surface area contributed by atoms with Gasteiger partial charge in [-0.15, -0.1) is 0 Å². The number of pyridine rings is 1. The number of aliphatic hydroxyl groups is 1. The van der Waals surface area contributed by atoms with Crippen LogP contribution in [0.4, 0.5) is 4.39 Å². The molecule has 3 heteroatoms. The summed E-state index contributed by atoms with van der Waals surface area (Å²) >= 11 is 0. The van der Waals surface area contributed by atoms with Crippen molar-refractivity contribution in [1.82, 2.24) is 4.98 Å². The van der Waals surface area contributed by atoms with Crippen LogP contribution in [0, 0.1) is 19.7 Å². The van der Waals surface area contributed by atoms with Gasteiger partial charge in [-0.1, -0.05) is 29.3 Å². The van der Waals surface area contributed by atoms with E-state index in [4.69, 9.17) is 0 Å². The number of halogens is 1. The Bertz CT molecular complexity index is 502. The summed E-state index contributed by atoms with van der Waals surface area (Å²) in [7, 11) is 0. The molecular formula is C14H14FNO. The Morgan fingerprint density at radius 1 is 1.12 bits per heavy atom. The fraction of sp³-hybridized carbons (Fsp3) is 0.214. The van der Waals surface area contributed by atoms with Gasteiger partial charge in [0.1, 0.15) is 11.9 Å². The second kappa shape index (κ2) is 4.63. The average Bonchev–Trinajstić information content (AvgIpc) is 2.28. The maximum Gasteiger partial charge on any atom is 0.141 e. The molecule has 1 N–H and O–H groups in total. The highest BCUT2D eigenvalue weighted by molar-refractivity contribution is 5.33. The zero-order chi connectivity index (χ0) is 12.4. The van der Waals surface area contributed by atoms with Crippen molar-refractivity contribution in [1.29, 1.82) is 0 Å². The fourth-order valence-corrected chi connectivity index (χ4v) is 1.89. The third-order valence-corrected chi connectivity index (χ3v) is 2.59. The van der Waals surface area contributed by atoms with Gasteiger partial charge in [-0.05, 0) is 31.5 Å². The van der Waals surface area contributed by atoms with Gasteiger partial charge in [0, 0.05) is 0 Å². The molecule has 0 amide bonds. The Morgan fingerprint density at radius 3 is 2.29 bits per heavy atom. The summed E-state index contributed by atoms with van der Waals surface area (Å²) in [6, 6.07) is 8.64. The lowest BCUT2D eigenvalue weighted by Crippen LogP contribution is -2.03. The van der Waals surface area contributed by atoms with Gasteiger partial charge in [0.05, 0.1) is 11.9 Å². The highest BCUT2D eigenvalue weighted by Crippen LogP contribution is 2.22. The Kier molecular flexibility index (Phi) is 3.20. The minimum atomic E-state index is -0.811. The molecule has 17 heavy (non-hydrogen) atoms. The quantitative estimate of drug-likeness (QED) is 0.862. The van der Waals surface area contributed by atoms with Crippen molar-refractivity contribution in [2.75, 3.05) is 0 Å². The van der Waals surface area contributed by atoms with Gasteiger partial charge in [0.2, 0.25) is 0 Å². The lowest BCUT2D eigenvalue weighted by Gasteiger charge is -2.12. The van der Waals surface area contributed by atoms with Gasteiger partial charge >= 0.3 is 0 Å². The molecule has 0 aliphatic heterocycles. The monoisotopic (exact) mass is 231 g/mol. The lowest BCUT2D eigenvalue weighted by molar-refractivity contribution is 0.215. The number of hydrogen-bond donors (Lipinski definition) is 1. The molecule has 1 aromatic carbocycles. The summed E-state index contributed by atoms with van der Waals surface area (Å²) < 4.78 is 12.7.